The van der Waals surface area contributed by atoms with Crippen LogP contribution in [0.5, 0.6) is 0 Å². The molecule has 3 heterocycles. The van der Waals surface area contributed by atoms with Gasteiger partial charge in [0, 0.05) is 40.9 Å². The molecule has 32 heavy (non-hydrogen) atoms. The Kier molecular flexibility index (Phi) is 5.74. The summed E-state index contributed by atoms with van der Waals surface area (Å²) in [5.41, 5.74) is 4.22. The summed E-state index contributed by atoms with van der Waals surface area (Å²) in [6.45, 7) is 5.07. The van der Waals surface area contributed by atoms with Crippen molar-refractivity contribution >= 4 is 28.6 Å². The number of nitrogens with zero attached hydrogens (tertiary/aromatic N) is 4. The molecule has 0 aliphatic carbocycles. The predicted octanol–water partition coefficient (Wildman–Crippen LogP) is 5.22. The minimum Gasteiger partial charge on any atom is -0.360 e. The van der Waals surface area contributed by atoms with Gasteiger partial charge in [-0.15, -0.1) is 10.2 Å². The second-order valence-corrected chi connectivity index (χ2v) is 9.39. The summed E-state index contributed by atoms with van der Waals surface area (Å²) in [6.07, 6.45) is 5.36. The van der Waals surface area contributed by atoms with E-state index in [1.807, 2.05) is 29.3 Å². The molecule has 1 aliphatic rings. The van der Waals surface area contributed by atoms with Crippen LogP contribution in [0.1, 0.15) is 31.7 Å². The Morgan fingerprint density at radius 2 is 2.03 bits per heavy atom. The summed E-state index contributed by atoms with van der Waals surface area (Å²) in [5.74, 6) is 1.31. The summed E-state index contributed by atoms with van der Waals surface area (Å²) in [7, 11) is 0. The van der Waals surface area contributed by atoms with E-state index in [0.29, 0.717) is 11.8 Å². The number of aromatic nitrogens is 4. The van der Waals surface area contributed by atoms with Crippen molar-refractivity contribution in [3.63, 3.8) is 0 Å². The average Bonchev–Trinajstić information content (AvgIpc) is 3.41. The summed E-state index contributed by atoms with van der Waals surface area (Å²) in [6, 6.07) is 16.8. The van der Waals surface area contributed by atoms with Gasteiger partial charge in [-0.25, -0.2) is 0 Å². The Labute approximate surface area is 192 Å². The number of aromatic amines is 1. The van der Waals surface area contributed by atoms with Crippen LogP contribution in [-0.2, 0) is 4.79 Å². The van der Waals surface area contributed by atoms with E-state index in [1.165, 1.54) is 18.2 Å². The van der Waals surface area contributed by atoms with Crippen LogP contribution in [0.3, 0.4) is 0 Å². The number of benzene rings is 2. The molecule has 0 radical (unpaired) electrons. The number of carbonyl (C=O) groups is 1. The highest BCUT2D eigenvalue weighted by atomic mass is 32.2. The Morgan fingerprint density at radius 3 is 2.88 bits per heavy atom. The van der Waals surface area contributed by atoms with Crippen LogP contribution in [0.15, 0.2) is 59.9 Å². The molecule has 0 spiro atoms. The minimum absolute atomic E-state index is 0.176. The summed E-state index contributed by atoms with van der Waals surface area (Å²) >= 11 is 1.46. The molecule has 5 rings (SSSR count). The summed E-state index contributed by atoms with van der Waals surface area (Å²) in [5, 5.41) is 10.9. The molecule has 164 valence electrons. The second-order valence-electron chi connectivity index (χ2n) is 8.45. The van der Waals surface area contributed by atoms with Crippen molar-refractivity contribution in [3.8, 4) is 17.1 Å². The van der Waals surface area contributed by atoms with Crippen LogP contribution in [0.25, 0.3) is 28.0 Å². The SMILES string of the molecule is Cc1cccc(-n2c(SCC(=O)N3CCCCC3C)nnc2-c2c[nH]c3ccccc23)c1. The standard InChI is InChI=1S/C25H27N5OS/c1-17-8-7-10-19(14-17)30-24(21-15-26-22-12-4-3-11-20(21)22)27-28-25(30)32-16-23(31)29-13-6-5-9-18(29)2/h3-4,7-8,10-12,14-15,18,26H,5-6,9,13,16H2,1-2H3. The number of para-hydroxylation sites is 1. The maximum atomic E-state index is 12.9. The van der Waals surface area contributed by atoms with Crippen molar-refractivity contribution in [2.24, 2.45) is 0 Å². The zero-order valence-corrected chi connectivity index (χ0v) is 19.2. The molecule has 1 amide bonds. The second kappa shape index (κ2) is 8.82. The molecule has 2 aromatic heterocycles. The lowest BCUT2D eigenvalue weighted by Gasteiger charge is -2.33. The molecule has 1 saturated heterocycles. The lowest BCUT2D eigenvalue weighted by molar-refractivity contribution is -0.131. The monoisotopic (exact) mass is 445 g/mol. The van der Waals surface area contributed by atoms with E-state index in [4.69, 9.17) is 0 Å². The smallest absolute Gasteiger partial charge is 0.233 e. The molecule has 0 bridgehead atoms. The fourth-order valence-electron chi connectivity index (χ4n) is 4.47. The van der Waals surface area contributed by atoms with Gasteiger partial charge in [-0.1, -0.05) is 42.1 Å². The van der Waals surface area contributed by atoms with E-state index in [-0.39, 0.29) is 5.91 Å². The number of fused-ring (bicyclic) bond motifs is 1. The van der Waals surface area contributed by atoms with Gasteiger partial charge in [0.05, 0.1) is 5.75 Å². The predicted molar refractivity (Wildman–Crippen MR) is 129 cm³/mol. The van der Waals surface area contributed by atoms with Crippen molar-refractivity contribution in [1.29, 1.82) is 0 Å². The first kappa shape index (κ1) is 20.8. The van der Waals surface area contributed by atoms with Crippen LogP contribution in [0, 0.1) is 6.92 Å². The minimum atomic E-state index is 0.176. The number of nitrogens with one attached hydrogen (secondary N) is 1. The van der Waals surface area contributed by atoms with Crippen LogP contribution in [0.2, 0.25) is 0 Å². The number of rotatable bonds is 5. The maximum absolute atomic E-state index is 12.9. The Bertz CT molecular complexity index is 1260. The zero-order valence-electron chi connectivity index (χ0n) is 18.4. The van der Waals surface area contributed by atoms with Gasteiger partial charge in [0.25, 0.3) is 0 Å². The highest BCUT2D eigenvalue weighted by Crippen LogP contribution is 2.33. The van der Waals surface area contributed by atoms with Gasteiger partial charge >= 0.3 is 0 Å². The van der Waals surface area contributed by atoms with E-state index in [1.54, 1.807) is 0 Å². The van der Waals surface area contributed by atoms with E-state index in [9.17, 15) is 4.79 Å². The molecule has 0 saturated carbocycles. The molecule has 1 N–H and O–H groups in total. The quantitative estimate of drug-likeness (QED) is 0.428. The number of aryl methyl sites for hydroxylation is 1. The first-order valence-electron chi connectivity index (χ1n) is 11.1. The van der Waals surface area contributed by atoms with E-state index in [2.05, 4.69) is 63.9 Å². The topological polar surface area (TPSA) is 66.8 Å². The van der Waals surface area contributed by atoms with Crippen LogP contribution in [-0.4, -0.2) is 48.9 Å². The molecular formula is C25H27N5OS. The number of piperidine rings is 1. The number of hydrogen-bond donors (Lipinski definition) is 1. The van der Waals surface area contributed by atoms with Gasteiger partial charge in [0.2, 0.25) is 5.91 Å². The van der Waals surface area contributed by atoms with E-state index in [0.717, 1.165) is 58.1 Å². The Morgan fingerprint density at radius 1 is 1.16 bits per heavy atom. The molecular weight excluding hydrogens is 418 g/mol. The van der Waals surface area contributed by atoms with Crippen molar-refractivity contribution in [2.45, 2.75) is 44.3 Å². The molecule has 1 atom stereocenters. The fraction of sp³-hybridized carbons (Fsp3) is 0.320. The number of likely N-dealkylation sites (tertiary alicyclic amines) is 1. The molecule has 6 nitrogen and oxygen atoms in total. The van der Waals surface area contributed by atoms with Gasteiger partial charge in [-0.05, 0) is 56.9 Å². The molecule has 2 aromatic carbocycles. The largest absolute Gasteiger partial charge is 0.360 e. The maximum Gasteiger partial charge on any atom is 0.233 e. The van der Waals surface area contributed by atoms with Gasteiger partial charge in [0.15, 0.2) is 11.0 Å². The third-order valence-corrected chi connectivity index (χ3v) is 7.09. The van der Waals surface area contributed by atoms with Crippen LogP contribution in [0.4, 0.5) is 0 Å². The number of carbonyl (C=O) groups excluding carboxylic acids is 1. The highest BCUT2D eigenvalue weighted by Gasteiger charge is 2.25. The molecule has 7 heteroatoms. The number of thioether (sulfide) groups is 1. The van der Waals surface area contributed by atoms with Crippen LogP contribution < -0.4 is 0 Å². The number of hydrogen-bond acceptors (Lipinski definition) is 4. The third kappa shape index (κ3) is 3.93. The Hall–Kier alpha value is -3.06. The lowest BCUT2D eigenvalue weighted by Crippen LogP contribution is -2.42. The van der Waals surface area contributed by atoms with Gasteiger partial charge < -0.3 is 9.88 Å². The fourth-order valence-corrected chi connectivity index (χ4v) is 5.31. The van der Waals surface area contributed by atoms with Gasteiger partial charge in [-0.3, -0.25) is 9.36 Å². The van der Waals surface area contributed by atoms with Crippen molar-refractivity contribution < 1.29 is 4.79 Å². The first-order chi connectivity index (χ1) is 15.6. The van der Waals surface area contributed by atoms with Crippen molar-refractivity contribution in [2.75, 3.05) is 12.3 Å². The highest BCUT2D eigenvalue weighted by molar-refractivity contribution is 7.99. The van der Waals surface area contributed by atoms with E-state index >= 15 is 0 Å². The first-order valence-corrected chi connectivity index (χ1v) is 12.1. The molecule has 1 aliphatic heterocycles. The van der Waals surface area contributed by atoms with Crippen molar-refractivity contribution in [3.05, 3.63) is 60.3 Å². The zero-order chi connectivity index (χ0) is 22.1. The van der Waals surface area contributed by atoms with E-state index < -0.39 is 0 Å². The average molecular weight is 446 g/mol. The van der Waals surface area contributed by atoms with Crippen LogP contribution >= 0.6 is 11.8 Å². The molecule has 1 unspecified atom stereocenters. The number of H-pyrrole nitrogens is 1. The van der Waals surface area contributed by atoms with Gasteiger partial charge in [-0.2, -0.15) is 0 Å². The Balaban J connectivity index is 1.51. The molecule has 4 aromatic rings. The third-order valence-electron chi connectivity index (χ3n) is 6.17. The molecule has 1 fully saturated rings. The lowest BCUT2D eigenvalue weighted by atomic mass is 10.0. The summed E-state index contributed by atoms with van der Waals surface area (Å²) in [4.78, 5) is 18.3. The number of amides is 1. The van der Waals surface area contributed by atoms with Crippen molar-refractivity contribution in [1.82, 2.24) is 24.6 Å². The normalized spacial score (nSPS) is 16.6. The summed E-state index contributed by atoms with van der Waals surface area (Å²) < 4.78 is 2.07. The van der Waals surface area contributed by atoms with Gasteiger partial charge in [0.1, 0.15) is 0 Å².